The Bertz CT molecular complexity index is 2240. The summed E-state index contributed by atoms with van der Waals surface area (Å²) in [6.45, 7) is 0. The van der Waals surface area contributed by atoms with Crippen LogP contribution in [-0.4, -0.2) is 29.1 Å². The van der Waals surface area contributed by atoms with Crippen molar-refractivity contribution in [2.75, 3.05) is 11.1 Å². The summed E-state index contributed by atoms with van der Waals surface area (Å²) in [6.07, 6.45) is 7.40. The Balaban J connectivity index is 0.000000158. The molecule has 11 heteroatoms. The van der Waals surface area contributed by atoms with E-state index >= 15 is 0 Å². The molecule has 8 rings (SSSR count). The summed E-state index contributed by atoms with van der Waals surface area (Å²) in [5.41, 5.74) is 9.32. The van der Waals surface area contributed by atoms with E-state index in [9.17, 15) is 0 Å². The third-order valence-corrected chi connectivity index (χ3v) is 8.05. The zero-order valence-electron chi connectivity index (χ0n) is 24.8. The van der Waals surface area contributed by atoms with E-state index in [1.165, 1.54) is 5.39 Å². The van der Waals surface area contributed by atoms with Gasteiger partial charge in [-0.2, -0.15) is 9.97 Å². The minimum absolute atomic E-state index is 0. The smallest absolute Gasteiger partial charge is 0.229 e. The van der Waals surface area contributed by atoms with Crippen LogP contribution in [0, 0.1) is 0 Å². The highest BCUT2D eigenvalue weighted by Crippen LogP contribution is 2.25. The van der Waals surface area contributed by atoms with Gasteiger partial charge in [-0.1, -0.05) is 87.8 Å². The first kappa shape index (κ1) is 34.3. The van der Waals surface area contributed by atoms with Gasteiger partial charge in [-0.25, -0.2) is 9.97 Å². The molecule has 0 aliphatic rings. The van der Waals surface area contributed by atoms with Crippen molar-refractivity contribution in [3.8, 4) is 11.6 Å². The molecule has 0 atom stereocenters. The number of nitrogens with two attached hydrogens (primary N) is 1. The van der Waals surface area contributed by atoms with Gasteiger partial charge in [0.15, 0.2) is 0 Å². The lowest BCUT2D eigenvalue weighted by Crippen LogP contribution is -2.01. The van der Waals surface area contributed by atoms with Gasteiger partial charge in [0.2, 0.25) is 11.2 Å². The molecule has 4 heterocycles. The van der Waals surface area contributed by atoms with Crippen LogP contribution in [0.5, 0.6) is 0 Å². The SMILES string of the molecule is Brc1ccc2ccn(-c3ccnc(Nc4ccccc4)n3)c2c1.C.Clc1nccc(-n2ccc3ccc(Br)cc32)n1.Nc1ccccc1. The average Bonchev–Trinajstić information content (AvgIpc) is 3.70. The molecule has 0 aliphatic heterocycles. The molecule has 8 aromatic rings. The number of rotatable bonds is 4. The van der Waals surface area contributed by atoms with Crippen LogP contribution in [0.3, 0.4) is 0 Å². The highest BCUT2D eigenvalue weighted by Gasteiger charge is 2.07. The van der Waals surface area contributed by atoms with Crippen LogP contribution in [0.15, 0.2) is 155 Å². The van der Waals surface area contributed by atoms with E-state index in [0.29, 0.717) is 5.95 Å². The number of hydrogen-bond acceptors (Lipinski definition) is 6. The quantitative estimate of drug-likeness (QED) is 0.136. The van der Waals surface area contributed by atoms with Gasteiger partial charge >= 0.3 is 0 Å². The molecule has 0 spiro atoms. The second-order valence-electron chi connectivity index (χ2n) is 10.1. The Morgan fingerprint density at radius 3 is 1.65 bits per heavy atom. The van der Waals surface area contributed by atoms with Crippen molar-refractivity contribution < 1.29 is 0 Å². The minimum atomic E-state index is 0. The summed E-state index contributed by atoms with van der Waals surface area (Å²) in [6, 6.07) is 39.5. The molecular formula is C37H31Br2ClN8. The van der Waals surface area contributed by atoms with E-state index in [4.69, 9.17) is 17.3 Å². The van der Waals surface area contributed by atoms with Crippen molar-refractivity contribution in [3.63, 3.8) is 0 Å². The van der Waals surface area contributed by atoms with E-state index < -0.39 is 0 Å². The molecule has 0 amide bonds. The van der Waals surface area contributed by atoms with Gasteiger partial charge in [0.1, 0.15) is 11.6 Å². The van der Waals surface area contributed by atoms with Crippen LogP contribution < -0.4 is 11.1 Å². The Kier molecular flexibility index (Phi) is 11.6. The molecule has 0 aliphatic carbocycles. The molecule has 0 fully saturated rings. The monoisotopic (exact) mass is 780 g/mol. The lowest BCUT2D eigenvalue weighted by molar-refractivity contribution is 1.01. The fourth-order valence-electron chi connectivity index (χ4n) is 4.71. The van der Waals surface area contributed by atoms with E-state index in [0.717, 1.165) is 48.4 Å². The van der Waals surface area contributed by atoms with Crippen LogP contribution in [0.1, 0.15) is 7.43 Å². The van der Waals surface area contributed by atoms with Crippen LogP contribution in [0.25, 0.3) is 33.4 Å². The normalized spacial score (nSPS) is 10.3. The standard InChI is InChI=1S/C18H13BrN4.C12H7BrClN3.C6H7N.CH4/c19-14-7-6-13-9-11-23(16(13)12-14)17-8-10-20-18(22-17)21-15-4-2-1-3-5-15;13-9-2-1-8-4-6-17(10(8)7-9)11-3-5-15-12(14)16-11;7-6-4-2-1-3-5-6;/h1-12H,(H,20,21,22);1-7H;1-5H,7H2;1H4. The predicted molar refractivity (Wildman–Crippen MR) is 205 cm³/mol. The van der Waals surface area contributed by atoms with Crippen molar-refractivity contribution in [1.82, 2.24) is 29.1 Å². The van der Waals surface area contributed by atoms with Gasteiger partial charge in [-0.15, -0.1) is 0 Å². The number of anilines is 3. The Labute approximate surface area is 300 Å². The molecule has 3 N–H and O–H groups in total. The molecular weight excluding hydrogens is 752 g/mol. The molecule has 4 aromatic carbocycles. The molecule has 8 nitrogen and oxygen atoms in total. The highest BCUT2D eigenvalue weighted by atomic mass is 79.9. The number of para-hydroxylation sites is 2. The van der Waals surface area contributed by atoms with Crippen LogP contribution in [-0.2, 0) is 0 Å². The number of aromatic nitrogens is 6. The van der Waals surface area contributed by atoms with Gasteiger partial charge in [-0.3, -0.25) is 0 Å². The zero-order valence-corrected chi connectivity index (χ0v) is 28.7. The molecule has 0 radical (unpaired) electrons. The maximum absolute atomic E-state index is 5.80. The second-order valence-corrected chi connectivity index (χ2v) is 12.3. The molecule has 0 bridgehead atoms. The summed E-state index contributed by atoms with van der Waals surface area (Å²) in [4.78, 5) is 17.0. The average molecular weight is 783 g/mol. The Hall–Kier alpha value is -5.03. The predicted octanol–water partition coefficient (Wildman–Crippen LogP) is 10.7. The third-order valence-electron chi connectivity index (χ3n) is 6.89. The summed E-state index contributed by atoms with van der Waals surface area (Å²) in [5.74, 6) is 2.16. The van der Waals surface area contributed by atoms with E-state index in [1.54, 1.807) is 12.4 Å². The van der Waals surface area contributed by atoms with E-state index in [1.807, 2.05) is 114 Å². The maximum Gasteiger partial charge on any atom is 0.229 e. The Morgan fingerprint density at radius 2 is 1.12 bits per heavy atom. The van der Waals surface area contributed by atoms with Gasteiger partial charge in [0.25, 0.3) is 0 Å². The van der Waals surface area contributed by atoms with Gasteiger partial charge in [-0.05, 0) is 84.4 Å². The number of hydrogen-bond donors (Lipinski definition) is 2. The van der Waals surface area contributed by atoms with Gasteiger partial charge in [0.05, 0.1) is 11.0 Å². The van der Waals surface area contributed by atoms with Crippen molar-refractivity contribution >= 4 is 82.6 Å². The van der Waals surface area contributed by atoms with Gasteiger partial charge < -0.3 is 20.2 Å². The number of nitrogen functional groups attached to an aromatic ring is 1. The lowest BCUT2D eigenvalue weighted by Gasteiger charge is -2.08. The number of nitrogens with one attached hydrogen (secondary N) is 1. The largest absolute Gasteiger partial charge is 0.399 e. The molecule has 240 valence electrons. The molecule has 4 aromatic heterocycles. The summed E-state index contributed by atoms with van der Waals surface area (Å²) in [5, 5.41) is 5.80. The maximum atomic E-state index is 5.80. The summed E-state index contributed by atoms with van der Waals surface area (Å²) in [7, 11) is 0. The van der Waals surface area contributed by atoms with Crippen molar-refractivity contribution in [3.05, 3.63) is 160 Å². The molecule has 48 heavy (non-hydrogen) atoms. The minimum Gasteiger partial charge on any atom is -0.399 e. The number of nitrogens with zero attached hydrogens (tertiary/aromatic N) is 6. The first-order valence-electron chi connectivity index (χ1n) is 14.4. The van der Waals surface area contributed by atoms with Crippen LogP contribution in [0.2, 0.25) is 5.28 Å². The highest BCUT2D eigenvalue weighted by molar-refractivity contribution is 9.10. The molecule has 0 saturated heterocycles. The Morgan fingerprint density at radius 1 is 0.604 bits per heavy atom. The molecule has 0 unspecified atom stereocenters. The van der Waals surface area contributed by atoms with Crippen molar-refractivity contribution in [2.45, 2.75) is 7.43 Å². The van der Waals surface area contributed by atoms with Crippen LogP contribution in [0.4, 0.5) is 17.3 Å². The summed E-state index contributed by atoms with van der Waals surface area (Å²) >= 11 is 12.8. The summed E-state index contributed by atoms with van der Waals surface area (Å²) < 4.78 is 6.11. The number of benzene rings is 4. The van der Waals surface area contributed by atoms with Gasteiger partial charge in [0, 0.05) is 55.9 Å². The number of halogens is 3. The fourth-order valence-corrected chi connectivity index (χ4v) is 5.55. The lowest BCUT2D eigenvalue weighted by atomic mass is 10.2. The fraction of sp³-hybridized carbons (Fsp3) is 0.0270. The third kappa shape index (κ3) is 8.65. The molecule has 0 saturated carbocycles. The zero-order chi connectivity index (χ0) is 32.6. The number of fused-ring (bicyclic) bond motifs is 2. The van der Waals surface area contributed by atoms with E-state index in [-0.39, 0.29) is 12.7 Å². The second kappa shape index (κ2) is 16.2. The topological polar surface area (TPSA) is 99.5 Å². The van der Waals surface area contributed by atoms with Crippen LogP contribution >= 0.6 is 43.5 Å². The van der Waals surface area contributed by atoms with Crippen molar-refractivity contribution in [2.24, 2.45) is 0 Å². The first-order chi connectivity index (χ1) is 22.9. The first-order valence-corrected chi connectivity index (χ1v) is 16.4. The van der Waals surface area contributed by atoms with E-state index in [2.05, 4.69) is 85.9 Å². The van der Waals surface area contributed by atoms with Crippen molar-refractivity contribution in [1.29, 1.82) is 0 Å².